The van der Waals surface area contributed by atoms with E-state index in [-0.39, 0.29) is 5.75 Å². The Balaban J connectivity index is 1.99. The lowest BCUT2D eigenvalue weighted by molar-refractivity contribution is -0.133. The summed E-state index contributed by atoms with van der Waals surface area (Å²) < 4.78 is 54.3. The molecule has 0 aromatic heterocycles. The Labute approximate surface area is 127 Å². The fraction of sp³-hybridized carbons (Fsp3) is 0.412. The second kappa shape index (κ2) is 6.99. The lowest BCUT2D eigenvalue weighted by Gasteiger charge is -2.27. The fourth-order valence-electron chi connectivity index (χ4n) is 2.81. The monoisotopic (exact) mass is 314 g/mol. The number of allylic oxidation sites excluding steroid dienone is 1. The molecular weight excluding hydrogens is 296 g/mol. The second-order valence-corrected chi connectivity index (χ2v) is 5.51. The van der Waals surface area contributed by atoms with Crippen molar-refractivity contribution >= 4 is 0 Å². The van der Waals surface area contributed by atoms with E-state index in [1.165, 1.54) is 12.1 Å². The molecule has 1 nitrogen and oxygen atoms in total. The van der Waals surface area contributed by atoms with Gasteiger partial charge in [0.15, 0.2) is 0 Å². The number of rotatable bonds is 5. The maximum Gasteiger partial charge on any atom is 0.425 e. The molecule has 1 fully saturated rings. The van der Waals surface area contributed by atoms with Crippen LogP contribution in [0.5, 0.6) is 5.75 Å². The van der Waals surface area contributed by atoms with Crippen molar-refractivity contribution < 1.29 is 22.3 Å². The van der Waals surface area contributed by atoms with E-state index in [0.717, 1.165) is 31.2 Å². The first-order valence-corrected chi connectivity index (χ1v) is 7.23. The molecule has 0 unspecified atom stereocenters. The molecule has 0 aliphatic heterocycles. The summed E-state index contributed by atoms with van der Waals surface area (Å²) in [5.41, 5.74) is 1.06. The Morgan fingerprint density at radius 1 is 1.09 bits per heavy atom. The normalized spacial score (nSPS) is 22.0. The highest BCUT2D eigenvalue weighted by Gasteiger charge is 2.30. The quantitative estimate of drug-likeness (QED) is 0.486. The van der Waals surface area contributed by atoms with Gasteiger partial charge in [-0.3, -0.25) is 0 Å². The van der Waals surface area contributed by atoms with E-state index in [0.29, 0.717) is 11.8 Å². The van der Waals surface area contributed by atoms with Crippen molar-refractivity contribution in [3.63, 3.8) is 0 Å². The number of halogens is 4. The van der Waals surface area contributed by atoms with Crippen molar-refractivity contribution in [3.05, 3.63) is 54.6 Å². The number of ether oxygens (including phenoxy) is 1. The van der Waals surface area contributed by atoms with Gasteiger partial charge in [-0.05, 0) is 55.2 Å². The lowest BCUT2D eigenvalue weighted by atomic mass is 9.79. The molecule has 1 aromatic carbocycles. The molecule has 0 heterocycles. The molecule has 0 radical (unpaired) electrons. The van der Waals surface area contributed by atoms with Crippen LogP contribution in [-0.4, -0.2) is 6.11 Å². The van der Waals surface area contributed by atoms with Crippen molar-refractivity contribution in [1.82, 2.24) is 0 Å². The van der Waals surface area contributed by atoms with Gasteiger partial charge in [0.2, 0.25) is 0 Å². The van der Waals surface area contributed by atoms with Gasteiger partial charge in [-0.2, -0.15) is 17.6 Å². The van der Waals surface area contributed by atoms with E-state index in [1.807, 2.05) is 6.08 Å². The van der Waals surface area contributed by atoms with Gasteiger partial charge in [0.1, 0.15) is 5.75 Å². The Morgan fingerprint density at radius 3 is 2.18 bits per heavy atom. The first-order valence-electron chi connectivity index (χ1n) is 7.23. The summed E-state index contributed by atoms with van der Waals surface area (Å²) in [5.74, 6) is 0.819. The van der Waals surface area contributed by atoms with E-state index in [2.05, 4.69) is 11.3 Å². The molecule has 0 bridgehead atoms. The number of hydrogen-bond donors (Lipinski definition) is 0. The second-order valence-electron chi connectivity index (χ2n) is 5.51. The van der Waals surface area contributed by atoms with E-state index in [1.54, 1.807) is 12.1 Å². The molecule has 5 heteroatoms. The van der Waals surface area contributed by atoms with Crippen LogP contribution in [0, 0.1) is 5.92 Å². The zero-order chi connectivity index (χ0) is 16.2. The van der Waals surface area contributed by atoms with Crippen molar-refractivity contribution in [2.45, 2.75) is 37.7 Å². The van der Waals surface area contributed by atoms with E-state index < -0.39 is 18.3 Å². The first-order chi connectivity index (χ1) is 10.4. The van der Waals surface area contributed by atoms with Gasteiger partial charge in [0.25, 0.3) is 6.08 Å². The van der Waals surface area contributed by atoms with Crippen LogP contribution in [-0.2, 0) is 0 Å². The molecule has 1 aliphatic rings. The van der Waals surface area contributed by atoms with Gasteiger partial charge in [0.05, 0.1) is 6.08 Å². The lowest BCUT2D eigenvalue weighted by Crippen LogP contribution is -2.21. The highest BCUT2D eigenvalue weighted by molar-refractivity contribution is 5.30. The Kier molecular flexibility index (Phi) is 5.27. The molecule has 2 rings (SSSR count). The van der Waals surface area contributed by atoms with Crippen LogP contribution >= 0.6 is 0 Å². The zero-order valence-corrected chi connectivity index (χ0v) is 12.1. The van der Waals surface area contributed by atoms with E-state index >= 15 is 0 Å². The molecule has 0 amide bonds. The van der Waals surface area contributed by atoms with Gasteiger partial charge in [-0.25, -0.2) is 0 Å². The van der Waals surface area contributed by atoms with Crippen LogP contribution < -0.4 is 4.74 Å². The van der Waals surface area contributed by atoms with E-state index in [9.17, 15) is 17.6 Å². The van der Waals surface area contributed by atoms with Crippen molar-refractivity contribution in [2.24, 2.45) is 5.92 Å². The number of benzene rings is 1. The van der Waals surface area contributed by atoms with Crippen molar-refractivity contribution in [1.29, 1.82) is 0 Å². The molecule has 1 aliphatic carbocycles. The Morgan fingerprint density at radius 2 is 1.68 bits per heavy atom. The van der Waals surface area contributed by atoms with Gasteiger partial charge in [-0.15, -0.1) is 6.58 Å². The van der Waals surface area contributed by atoms with Crippen LogP contribution in [0.4, 0.5) is 17.6 Å². The third kappa shape index (κ3) is 4.61. The summed E-state index contributed by atoms with van der Waals surface area (Å²) in [6.45, 7) is 3.80. The van der Waals surface area contributed by atoms with Crippen LogP contribution in [0.15, 0.2) is 49.1 Å². The third-order valence-corrected chi connectivity index (χ3v) is 3.99. The molecule has 22 heavy (non-hydrogen) atoms. The summed E-state index contributed by atoms with van der Waals surface area (Å²) in [5, 5.41) is 0. The topological polar surface area (TPSA) is 9.23 Å². The summed E-state index contributed by atoms with van der Waals surface area (Å²) in [6.07, 6.45) is -0.797. The number of hydrogen-bond acceptors (Lipinski definition) is 1. The van der Waals surface area contributed by atoms with Crippen LogP contribution in [0.2, 0.25) is 0 Å². The van der Waals surface area contributed by atoms with Crippen LogP contribution in [0.25, 0.3) is 0 Å². The Bertz CT molecular complexity index is 524. The molecule has 0 saturated heterocycles. The molecular formula is C17H18F4O. The predicted octanol–water partition coefficient (Wildman–Crippen LogP) is 5.90. The highest BCUT2D eigenvalue weighted by Crippen LogP contribution is 2.37. The van der Waals surface area contributed by atoms with Gasteiger partial charge >= 0.3 is 6.11 Å². The van der Waals surface area contributed by atoms with Gasteiger partial charge in [0, 0.05) is 0 Å². The molecule has 0 spiro atoms. The van der Waals surface area contributed by atoms with Crippen LogP contribution in [0.3, 0.4) is 0 Å². The molecule has 0 atom stereocenters. The minimum absolute atomic E-state index is 0.133. The SMILES string of the molecule is C=CC1CCC(c2ccc(OC(F)(F)C=C(F)F)cc2)CC1. The molecule has 0 N–H and O–H groups in total. The number of alkyl halides is 2. The maximum atomic E-state index is 13.1. The smallest absolute Gasteiger partial charge is 0.425 e. The minimum atomic E-state index is -4.01. The van der Waals surface area contributed by atoms with Gasteiger partial charge in [-0.1, -0.05) is 18.2 Å². The van der Waals surface area contributed by atoms with Gasteiger partial charge < -0.3 is 4.74 Å². The van der Waals surface area contributed by atoms with Crippen molar-refractivity contribution in [2.75, 3.05) is 0 Å². The highest BCUT2D eigenvalue weighted by atomic mass is 19.3. The van der Waals surface area contributed by atoms with Crippen LogP contribution in [0.1, 0.15) is 37.2 Å². The maximum absolute atomic E-state index is 13.1. The summed E-state index contributed by atoms with van der Waals surface area (Å²) in [6, 6.07) is 6.24. The zero-order valence-electron chi connectivity index (χ0n) is 12.1. The summed E-state index contributed by atoms with van der Waals surface area (Å²) in [7, 11) is 0. The molecule has 120 valence electrons. The largest absolute Gasteiger partial charge is 0.429 e. The average molecular weight is 314 g/mol. The summed E-state index contributed by atoms with van der Waals surface area (Å²) in [4.78, 5) is 0. The predicted molar refractivity (Wildman–Crippen MR) is 77.2 cm³/mol. The Hall–Kier alpha value is -1.78. The average Bonchev–Trinajstić information content (AvgIpc) is 2.46. The molecule has 1 saturated carbocycles. The fourth-order valence-corrected chi connectivity index (χ4v) is 2.81. The third-order valence-electron chi connectivity index (χ3n) is 3.99. The summed E-state index contributed by atoms with van der Waals surface area (Å²) >= 11 is 0. The van der Waals surface area contributed by atoms with Crippen molar-refractivity contribution in [3.8, 4) is 5.75 Å². The molecule has 1 aromatic rings. The van der Waals surface area contributed by atoms with E-state index in [4.69, 9.17) is 0 Å². The first kappa shape index (κ1) is 16.6. The standard InChI is InChI=1S/C17H18F4O/c1-2-12-3-5-13(6-4-12)14-7-9-15(10-8-14)22-17(20,21)11-16(18)19/h2,7-13H,1,3-6H2. The minimum Gasteiger partial charge on any atom is -0.429 e.